The summed E-state index contributed by atoms with van der Waals surface area (Å²) in [5.74, 6) is 0.835. The molecule has 24 heavy (non-hydrogen) atoms. The van der Waals surface area contributed by atoms with E-state index in [4.69, 9.17) is 9.15 Å². The summed E-state index contributed by atoms with van der Waals surface area (Å²) in [6.45, 7) is 8.35. The van der Waals surface area contributed by atoms with Crippen LogP contribution in [-0.2, 0) is 16.1 Å². The molecule has 134 valence electrons. The first-order valence-corrected chi connectivity index (χ1v) is 9.03. The summed E-state index contributed by atoms with van der Waals surface area (Å²) in [5.41, 5.74) is -0.502. The molecule has 0 unspecified atom stereocenters. The Morgan fingerprint density at radius 2 is 1.83 bits per heavy atom. The molecule has 1 saturated heterocycles. The molecule has 2 amide bonds. The number of halogens is 1. The van der Waals surface area contributed by atoms with E-state index in [1.54, 1.807) is 9.80 Å². The predicted octanol–water partition coefficient (Wildman–Crippen LogP) is 2.05. The van der Waals surface area contributed by atoms with Crippen molar-refractivity contribution in [2.75, 3.05) is 32.7 Å². The highest BCUT2D eigenvalue weighted by atomic mass is 127. The third kappa shape index (κ3) is 5.97. The van der Waals surface area contributed by atoms with E-state index >= 15 is 0 Å². The molecule has 0 radical (unpaired) electrons. The molecule has 2 rings (SSSR count). The van der Waals surface area contributed by atoms with E-state index < -0.39 is 5.60 Å². The van der Waals surface area contributed by atoms with E-state index in [1.165, 1.54) is 0 Å². The number of furan rings is 1. The Hall–Kier alpha value is -1.29. The lowest BCUT2D eigenvalue weighted by Crippen LogP contribution is -2.53. The van der Waals surface area contributed by atoms with Crippen molar-refractivity contribution in [2.24, 2.45) is 0 Å². The van der Waals surface area contributed by atoms with Gasteiger partial charge >= 0.3 is 6.09 Å². The van der Waals surface area contributed by atoms with Gasteiger partial charge in [-0.25, -0.2) is 4.79 Å². The molecular weight excluding hydrogens is 425 g/mol. The minimum absolute atomic E-state index is 0.0279. The molecule has 0 aromatic carbocycles. The highest BCUT2D eigenvalue weighted by Crippen LogP contribution is 2.12. The van der Waals surface area contributed by atoms with Crippen LogP contribution in [0.5, 0.6) is 0 Å². The molecule has 0 atom stereocenters. The summed E-state index contributed by atoms with van der Waals surface area (Å²) in [7, 11) is 0. The molecule has 0 spiro atoms. The van der Waals surface area contributed by atoms with Crippen LogP contribution in [0.4, 0.5) is 4.79 Å². The van der Waals surface area contributed by atoms with Crippen LogP contribution in [0.3, 0.4) is 0 Å². The topological polar surface area (TPSA) is 75.0 Å². The van der Waals surface area contributed by atoms with Gasteiger partial charge in [0.15, 0.2) is 3.77 Å². The van der Waals surface area contributed by atoms with Gasteiger partial charge in [0.2, 0.25) is 5.91 Å². The minimum atomic E-state index is -0.502. The molecule has 1 fully saturated rings. The van der Waals surface area contributed by atoms with Gasteiger partial charge in [-0.3, -0.25) is 4.79 Å². The van der Waals surface area contributed by atoms with Gasteiger partial charge in [-0.15, -0.1) is 0 Å². The van der Waals surface area contributed by atoms with Crippen molar-refractivity contribution in [1.29, 1.82) is 0 Å². The third-order valence-corrected chi connectivity index (χ3v) is 4.07. The number of carbonyl (C=O) groups excluding carboxylic acids is 2. The standard InChI is InChI=1S/C16H24IN3O4/c1-16(2,3)24-15(22)20-8-6-19(7-9-20)14(21)11-18-10-12-4-5-13(17)23-12/h4-5,18H,6-11H2,1-3H3. The Bertz CT molecular complexity index is 574. The maximum absolute atomic E-state index is 12.2. The van der Waals surface area contributed by atoms with Crippen LogP contribution in [-0.4, -0.2) is 60.1 Å². The average molecular weight is 449 g/mol. The van der Waals surface area contributed by atoms with Crippen LogP contribution < -0.4 is 5.32 Å². The smallest absolute Gasteiger partial charge is 0.410 e. The number of nitrogens with one attached hydrogen (secondary N) is 1. The van der Waals surface area contributed by atoms with Crippen LogP contribution >= 0.6 is 22.6 Å². The van der Waals surface area contributed by atoms with Crippen LogP contribution in [0.25, 0.3) is 0 Å². The molecule has 0 bridgehead atoms. The lowest BCUT2D eigenvalue weighted by atomic mass is 10.2. The van der Waals surface area contributed by atoms with Gasteiger partial charge < -0.3 is 24.3 Å². The molecule has 8 heteroatoms. The number of carbonyl (C=O) groups is 2. The van der Waals surface area contributed by atoms with Gasteiger partial charge in [0.25, 0.3) is 0 Å². The Morgan fingerprint density at radius 3 is 2.38 bits per heavy atom. The van der Waals surface area contributed by atoms with Crippen LogP contribution in [0.2, 0.25) is 0 Å². The van der Waals surface area contributed by atoms with Crippen molar-refractivity contribution < 1.29 is 18.7 Å². The summed E-state index contributed by atoms with van der Waals surface area (Å²) in [4.78, 5) is 27.6. The maximum Gasteiger partial charge on any atom is 0.410 e. The van der Waals surface area contributed by atoms with E-state index in [0.717, 1.165) is 9.53 Å². The molecular formula is C16H24IN3O4. The zero-order valence-electron chi connectivity index (χ0n) is 14.3. The zero-order valence-corrected chi connectivity index (χ0v) is 16.5. The summed E-state index contributed by atoms with van der Waals surface area (Å²) < 4.78 is 11.6. The van der Waals surface area contributed by atoms with Crippen LogP contribution in [0, 0.1) is 3.77 Å². The van der Waals surface area contributed by atoms with Crippen molar-refractivity contribution in [3.8, 4) is 0 Å². The Kier molecular flexibility index (Phi) is 6.50. The summed E-state index contributed by atoms with van der Waals surface area (Å²) in [6.07, 6.45) is -0.319. The van der Waals surface area contributed by atoms with Gasteiger partial charge in [0.05, 0.1) is 13.1 Å². The van der Waals surface area contributed by atoms with Gasteiger partial charge in [-0.05, 0) is 55.5 Å². The normalized spacial score (nSPS) is 15.5. The van der Waals surface area contributed by atoms with E-state index in [1.807, 2.05) is 32.9 Å². The highest BCUT2D eigenvalue weighted by molar-refractivity contribution is 14.1. The van der Waals surface area contributed by atoms with Crippen molar-refractivity contribution in [3.63, 3.8) is 0 Å². The van der Waals surface area contributed by atoms with Crippen LogP contribution in [0.1, 0.15) is 26.5 Å². The number of hydrogen-bond acceptors (Lipinski definition) is 5. The maximum atomic E-state index is 12.2. The molecule has 1 aromatic heterocycles. The van der Waals surface area contributed by atoms with Gasteiger partial charge in [0, 0.05) is 26.2 Å². The second-order valence-corrected chi connectivity index (χ2v) is 7.72. The fourth-order valence-corrected chi connectivity index (χ4v) is 2.78. The summed E-state index contributed by atoms with van der Waals surface area (Å²) in [6, 6.07) is 3.77. The monoisotopic (exact) mass is 449 g/mol. The zero-order chi connectivity index (χ0) is 17.7. The van der Waals surface area contributed by atoms with E-state index in [9.17, 15) is 9.59 Å². The Morgan fingerprint density at radius 1 is 1.21 bits per heavy atom. The Balaban J connectivity index is 1.69. The van der Waals surface area contributed by atoms with Crippen molar-refractivity contribution >= 4 is 34.6 Å². The first kappa shape index (κ1) is 19.0. The first-order chi connectivity index (χ1) is 11.2. The number of ether oxygens (including phenoxy) is 1. The molecule has 0 aliphatic carbocycles. The average Bonchev–Trinajstić information content (AvgIpc) is 2.91. The van der Waals surface area contributed by atoms with Crippen molar-refractivity contribution in [3.05, 3.63) is 21.7 Å². The van der Waals surface area contributed by atoms with E-state index in [0.29, 0.717) is 32.7 Å². The SMILES string of the molecule is CC(C)(C)OC(=O)N1CCN(C(=O)CNCc2ccc(I)o2)CC1. The quantitative estimate of drug-likeness (QED) is 0.713. The molecule has 2 heterocycles. The van der Waals surface area contributed by atoms with Gasteiger partial charge in [0.1, 0.15) is 11.4 Å². The second kappa shape index (κ2) is 8.19. The molecule has 1 aliphatic rings. The van der Waals surface area contributed by atoms with E-state index in [-0.39, 0.29) is 18.5 Å². The third-order valence-electron chi connectivity index (χ3n) is 3.49. The number of amides is 2. The highest BCUT2D eigenvalue weighted by Gasteiger charge is 2.27. The van der Waals surface area contributed by atoms with Gasteiger partial charge in [-0.2, -0.15) is 0 Å². The molecule has 1 aliphatic heterocycles. The molecule has 0 saturated carbocycles. The molecule has 7 nitrogen and oxygen atoms in total. The molecule has 1 N–H and O–H groups in total. The minimum Gasteiger partial charge on any atom is -0.454 e. The number of piperazine rings is 1. The van der Waals surface area contributed by atoms with E-state index in [2.05, 4.69) is 27.9 Å². The lowest BCUT2D eigenvalue weighted by molar-refractivity contribution is -0.132. The predicted molar refractivity (Wildman–Crippen MR) is 97.5 cm³/mol. The van der Waals surface area contributed by atoms with Gasteiger partial charge in [-0.1, -0.05) is 0 Å². The number of nitrogens with zero attached hydrogens (tertiary/aromatic N) is 2. The number of rotatable bonds is 4. The Labute approximate surface area is 155 Å². The van der Waals surface area contributed by atoms with Crippen LogP contribution in [0.15, 0.2) is 16.5 Å². The second-order valence-electron chi connectivity index (χ2n) is 6.66. The van der Waals surface area contributed by atoms with Crippen molar-refractivity contribution in [1.82, 2.24) is 15.1 Å². The summed E-state index contributed by atoms with van der Waals surface area (Å²) >= 11 is 2.10. The fraction of sp³-hybridized carbons (Fsp3) is 0.625. The molecule has 1 aromatic rings. The summed E-state index contributed by atoms with van der Waals surface area (Å²) in [5, 5.41) is 3.08. The fourth-order valence-electron chi connectivity index (χ4n) is 2.32. The first-order valence-electron chi connectivity index (χ1n) is 7.95. The number of hydrogen-bond donors (Lipinski definition) is 1. The lowest BCUT2D eigenvalue weighted by Gasteiger charge is -2.35. The van der Waals surface area contributed by atoms with Crippen molar-refractivity contribution in [2.45, 2.75) is 32.9 Å². The largest absolute Gasteiger partial charge is 0.454 e.